The van der Waals surface area contributed by atoms with Crippen LogP contribution in [0.4, 0.5) is 0 Å². The van der Waals surface area contributed by atoms with Crippen LogP contribution in [0.1, 0.15) is 49.2 Å². The van der Waals surface area contributed by atoms with Crippen LogP contribution in [0.2, 0.25) is 0 Å². The van der Waals surface area contributed by atoms with Crippen LogP contribution in [0.15, 0.2) is 59.5 Å². The third-order valence-electron chi connectivity index (χ3n) is 5.24. The van der Waals surface area contributed by atoms with Gasteiger partial charge in [0.05, 0.1) is 10.9 Å². The second kappa shape index (κ2) is 8.45. The summed E-state index contributed by atoms with van der Waals surface area (Å²) >= 11 is 0. The van der Waals surface area contributed by atoms with E-state index in [1.54, 1.807) is 16.4 Å². The van der Waals surface area contributed by atoms with Gasteiger partial charge in [-0.25, -0.2) is 8.42 Å². The fourth-order valence-electron chi connectivity index (χ4n) is 3.83. The molecule has 28 heavy (non-hydrogen) atoms. The van der Waals surface area contributed by atoms with Crippen LogP contribution in [-0.2, 0) is 10.0 Å². The molecular formula is C22H28N2O3S. The van der Waals surface area contributed by atoms with E-state index in [0.717, 1.165) is 12.0 Å². The summed E-state index contributed by atoms with van der Waals surface area (Å²) in [6.45, 7) is 7.18. The summed E-state index contributed by atoms with van der Waals surface area (Å²) in [4.78, 5) is 12.7. The van der Waals surface area contributed by atoms with Crippen LogP contribution < -0.4 is 5.32 Å². The van der Waals surface area contributed by atoms with Gasteiger partial charge < -0.3 is 5.32 Å². The maximum Gasteiger partial charge on any atom is 0.251 e. The van der Waals surface area contributed by atoms with Gasteiger partial charge in [-0.05, 0) is 55.0 Å². The molecule has 2 aromatic rings. The number of benzene rings is 2. The van der Waals surface area contributed by atoms with Gasteiger partial charge in [-0.15, -0.1) is 0 Å². The first-order valence-corrected chi connectivity index (χ1v) is 11.2. The second-order valence-electron chi connectivity index (χ2n) is 7.90. The maximum atomic E-state index is 12.9. The lowest BCUT2D eigenvalue weighted by atomic mass is 9.94. The SMILES string of the molecule is CC1CC(C)CN(S(=O)(=O)c2ccc(C(=O)NC(C)c3ccccc3)cc2)C1. The van der Waals surface area contributed by atoms with Crippen molar-refractivity contribution < 1.29 is 13.2 Å². The molecule has 1 saturated heterocycles. The number of hydrogen-bond acceptors (Lipinski definition) is 3. The molecule has 0 bridgehead atoms. The first-order chi connectivity index (χ1) is 13.3. The zero-order valence-electron chi connectivity index (χ0n) is 16.6. The minimum atomic E-state index is -3.53. The normalized spacial score (nSPS) is 21.8. The van der Waals surface area contributed by atoms with Crippen LogP contribution in [-0.4, -0.2) is 31.7 Å². The molecule has 150 valence electrons. The molecule has 0 aliphatic carbocycles. The molecule has 3 unspecified atom stereocenters. The van der Waals surface area contributed by atoms with Gasteiger partial charge in [0.15, 0.2) is 0 Å². The summed E-state index contributed by atoms with van der Waals surface area (Å²) in [6.07, 6.45) is 1.05. The van der Waals surface area contributed by atoms with Crippen LogP contribution in [0.3, 0.4) is 0 Å². The first-order valence-electron chi connectivity index (χ1n) is 9.73. The Labute approximate surface area is 167 Å². The summed E-state index contributed by atoms with van der Waals surface area (Å²) in [7, 11) is -3.53. The fourth-order valence-corrected chi connectivity index (χ4v) is 5.51. The number of nitrogens with zero attached hydrogens (tertiary/aromatic N) is 1. The fraction of sp³-hybridized carbons (Fsp3) is 0.409. The average Bonchev–Trinajstić information content (AvgIpc) is 2.68. The minimum absolute atomic E-state index is 0.131. The average molecular weight is 401 g/mol. The minimum Gasteiger partial charge on any atom is -0.346 e. The molecule has 1 aliphatic rings. The Bertz CT molecular complexity index is 901. The quantitative estimate of drug-likeness (QED) is 0.829. The molecule has 5 nitrogen and oxygen atoms in total. The standard InChI is InChI=1S/C22H28N2O3S/c1-16-13-17(2)15-24(14-16)28(26,27)21-11-9-20(10-12-21)22(25)23-18(3)19-7-5-4-6-8-19/h4-12,16-18H,13-15H2,1-3H3,(H,23,25). The van der Waals surface area contributed by atoms with E-state index in [9.17, 15) is 13.2 Å². The molecule has 1 heterocycles. The molecule has 1 fully saturated rings. The van der Waals surface area contributed by atoms with Crippen LogP contribution in [0.5, 0.6) is 0 Å². The van der Waals surface area contributed by atoms with Crippen LogP contribution in [0.25, 0.3) is 0 Å². The zero-order chi connectivity index (χ0) is 20.3. The smallest absolute Gasteiger partial charge is 0.251 e. The van der Waals surface area contributed by atoms with E-state index >= 15 is 0 Å². The molecule has 6 heteroatoms. The van der Waals surface area contributed by atoms with Crippen molar-refractivity contribution in [1.29, 1.82) is 0 Å². The number of carbonyl (C=O) groups excluding carboxylic acids is 1. The zero-order valence-corrected chi connectivity index (χ0v) is 17.4. The highest BCUT2D eigenvalue weighted by atomic mass is 32.2. The topological polar surface area (TPSA) is 66.5 Å². The van der Waals surface area contributed by atoms with Gasteiger partial charge in [-0.1, -0.05) is 44.2 Å². The Morgan fingerprint density at radius 2 is 1.57 bits per heavy atom. The van der Waals surface area contributed by atoms with Gasteiger partial charge in [0.25, 0.3) is 5.91 Å². The Morgan fingerprint density at radius 3 is 2.14 bits per heavy atom. The monoisotopic (exact) mass is 400 g/mol. The lowest BCUT2D eigenvalue weighted by Crippen LogP contribution is -2.42. The van der Waals surface area contributed by atoms with Gasteiger partial charge in [0.1, 0.15) is 0 Å². The number of carbonyl (C=O) groups is 1. The Morgan fingerprint density at radius 1 is 1.00 bits per heavy atom. The van der Waals surface area contributed by atoms with Crippen LogP contribution >= 0.6 is 0 Å². The molecule has 3 rings (SSSR count). The van der Waals surface area contributed by atoms with E-state index in [2.05, 4.69) is 19.2 Å². The number of hydrogen-bond donors (Lipinski definition) is 1. The predicted molar refractivity (Wildman–Crippen MR) is 110 cm³/mol. The summed E-state index contributed by atoms with van der Waals surface area (Å²) in [5.41, 5.74) is 1.46. The van der Waals surface area contributed by atoms with Gasteiger partial charge in [-0.2, -0.15) is 4.31 Å². The molecule has 0 aromatic heterocycles. The van der Waals surface area contributed by atoms with Gasteiger partial charge in [0, 0.05) is 18.7 Å². The summed E-state index contributed by atoms with van der Waals surface area (Å²) in [5, 5.41) is 2.95. The summed E-state index contributed by atoms with van der Waals surface area (Å²) in [6, 6.07) is 15.8. The van der Waals surface area contributed by atoms with E-state index in [0.29, 0.717) is 30.5 Å². The number of amides is 1. The van der Waals surface area contributed by atoms with E-state index < -0.39 is 10.0 Å². The highest BCUT2D eigenvalue weighted by molar-refractivity contribution is 7.89. The molecule has 0 radical (unpaired) electrons. The van der Waals surface area contributed by atoms with Crippen molar-refractivity contribution in [2.75, 3.05) is 13.1 Å². The van der Waals surface area contributed by atoms with Crippen molar-refractivity contribution in [3.05, 3.63) is 65.7 Å². The Hall–Kier alpha value is -2.18. The molecule has 3 atom stereocenters. The second-order valence-corrected chi connectivity index (χ2v) is 9.84. The third-order valence-corrected chi connectivity index (χ3v) is 7.08. The maximum absolute atomic E-state index is 12.9. The lowest BCUT2D eigenvalue weighted by molar-refractivity contribution is 0.0940. The van der Waals surface area contributed by atoms with Crippen molar-refractivity contribution in [2.45, 2.75) is 38.1 Å². The third kappa shape index (κ3) is 4.62. The van der Waals surface area contributed by atoms with Gasteiger partial charge in [-0.3, -0.25) is 4.79 Å². The predicted octanol–water partition coefficient (Wildman–Crippen LogP) is 3.84. The van der Waals surface area contributed by atoms with Crippen molar-refractivity contribution in [1.82, 2.24) is 9.62 Å². The number of sulfonamides is 1. The van der Waals surface area contributed by atoms with Crippen molar-refractivity contribution in [3.8, 4) is 0 Å². The highest BCUT2D eigenvalue weighted by Crippen LogP contribution is 2.26. The van der Waals surface area contributed by atoms with Gasteiger partial charge in [0.2, 0.25) is 10.0 Å². The number of rotatable bonds is 5. The Balaban J connectivity index is 1.71. The van der Waals surface area contributed by atoms with Crippen molar-refractivity contribution in [3.63, 3.8) is 0 Å². The summed E-state index contributed by atoms with van der Waals surface area (Å²) in [5.74, 6) is 0.478. The molecule has 1 N–H and O–H groups in total. The van der Waals surface area contributed by atoms with Gasteiger partial charge >= 0.3 is 0 Å². The molecular weight excluding hydrogens is 372 g/mol. The molecule has 1 amide bonds. The molecule has 0 spiro atoms. The van der Waals surface area contributed by atoms with E-state index in [1.165, 1.54) is 12.1 Å². The Kier molecular flexibility index (Phi) is 6.20. The van der Waals surface area contributed by atoms with E-state index in [4.69, 9.17) is 0 Å². The molecule has 1 aliphatic heterocycles. The van der Waals surface area contributed by atoms with Crippen molar-refractivity contribution >= 4 is 15.9 Å². The molecule has 0 saturated carbocycles. The largest absolute Gasteiger partial charge is 0.346 e. The molecule has 2 aromatic carbocycles. The number of nitrogens with one attached hydrogen (secondary N) is 1. The summed E-state index contributed by atoms with van der Waals surface area (Å²) < 4.78 is 27.5. The number of piperidine rings is 1. The van der Waals surface area contributed by atoms with E-state index in [-0.39, 0.29) is 16.8 Å². The van der Waals surface area contributed by atoms with Crippen LogP contribution in [0, 0.1) is 11.8 Å². The first kappa shape index (κ1) is 20.6. The van der Waals surface area contributed by atoms with Crippen molar-refractivity contribution in [2.24, 2.45) is 11.8 Å². The lowest BCUT2D eigenvalue weighted by Gasteiger charge is -2.34. The van der Waals surface area contributed by atoms with E-state index in [1.807, 2.05) is 37.3 Å². The highest BCUT2D eigenvalue weighted by Gasteiger charge is 2.31.